The van der Waals surface area contributed by atoms with Crippen LogP contribution in [0.3, 0.4) is 0 Å². The van der Waals surface area contributed by atoms with Gasteiger partial charge in [0.05, 0.1) is 12.8 Å². The van der Waals surface area contributed by atoms with Crippen molar-refractivity contribution in [2.24, 2.45) is 20.4 Å². The molecule has 2 aromatic carbocycles. The molecule has 0 saturated heterocycles. The first-order chi connectivity index (χ1) is 12.7. The molecule has 0 bridgehead atoms. The van der Waals surface area contributed by atoms with E-state index in [-0.39, 0.29) is 17.7 Å². The highest BCUT2D eigenvalue weighted by Crippen LogP contribution is 2.32. The van der Waals surface area contributed by atoms with Gasteiger partial charge in [-0.15, -0.1) is 15.3 Å². The van der Waals surface area contributed by atoms with Crippen molar-refractivity contribution in [3.05, 3.63) is 59.7 Å². The van der Waals surface area contributed by atoms with Gasteiger partial charge in [0, 0.05) is 19.0 Å². The number of nitrogens with zero attached hydrogens (tertiary/aromatic N) is 5. The molecule has 0 spiro atoms. The molecule has 26 heavy (non-hydrogen) atoms. The Morgan fingerprint density at radius 3 is 2.73 bits per heavy atom. The minimum atomic E-state index is -0.202. The summed E-state index contributed by atoms with van der Waals surface area (Å²) in [4.78, 5) is 14.0. The van der Waals surface area contributed by atoms with Gasteiger partial charge < -0.3 is 9.64 Å². The molecule has 4 rings (SSSR count). The van der Waals surface area contributed by atoms with Crippen LogP contribution in [0.2, 0.25) is 0 Å². The van der Waals surface area contributed by atoms with Gasteiger partial charge in [-0.2, -0.15) is 5.11 Å². The lowest BCUT2D eigenvalue weighted by atomic mass is 10.1. The number of ether oxygens (including phenoxy) is 1. The van der Waals surface area contributed by atoms with Gasteiger partial charge in [-0.25, -0.2) is 0 Å². The third kappa shape index (κ3) is 2.77. The Bertz CT molecular complexity index is 950. The monoisotopic (exact) mass is 347 g/mol. The average molecular weight is 347 g/mol. The normalized spacial score (nSPS) is 21.7. The van der Waals surface area contributed by atoms with Crippen LogP contribution in [-0.2, 0) is 4.79 Å². The summed E-state index contributed by atoms with van der Waals surface area (Å²) in [5.74, 6) is 0.974. The lowest BCUT2D eigenvalue weighted by Crippen LogP contribution is -2.25. The molecular weight excluding hydrogens is 330 g/mol. The van der Waals surface area contributed by atoms with Gasteiger partial charge in [-0.05, 0) is 23.8 Å². The van der Waals surface area contributed by atoms with E-state index in [9.17, 15) is 4.79 Å². The molecule has 7 nitrogen and oxygen atoms in total. The molecule has 1 amide bonds. The fourth-order valence-electron chi connectivity index (χ4n) is 3.02. The number of carbonyl (C=O) groups excluding carboxylic acids is 1. The minimum Gasteiger partial charge on any atom is -0.497 e. The van der Waals surface area contributed by atoms with E-state index in [1.54, 1.807) is 25.1 Å². The van der Waals surface area contributed by atoms with Gasteiger partial charge in [-0.1, -0.05) is 30.3 Å². The third-order valence-electron chi connectivity index (χ3n) is 4.47. The maximum absolute atomic E-state index is 12.5. The second-order valence-corrected chi connectivity index (χ2v) is 6.06. The summed E-state index contributed by atoms with van der Waals surface area (Å²) in [6.45, 7) is 0. The number of amides is 1. The van der Waals surface area contributed by atoms with Gasteiger partial charge >= 0.3 is 0 Å². The Morgan fingerprint density at radius 1 is 1.15 bits per heavy atom. The van der Waals surface area contributed by atoms with Crippen LogP contribution >= 0.6 is 0 Å². The zero-order valence-electron chi connectivity index (χ0n) is 14.5. The average Bonchev–Trinajstić information content (AvgIpc) is 3.25. The molecule has 2 heterocycles. The molecule has 1 atom stereocenters. The Kier molecular flexibility index (Phi) is 4.04. The zero-order chi connectivity index (χ0) is 18.1. The molecule has 0 aliphatic carbocycles. The quantitative estimate of drug-likeness (QED) is 0.798. The lowest BCUT2D eigenvalue weighted by Gasteiger charge is -2.08. The topological polar surface area (TPSA) is 79.0 Å². The summed E-state index contributed by atoms with van der Waals surface area (Å²) in [5.41, 5.74) is 2.86. The van der Waals surface area contributed by atoms with Gasteiger partial charge in [0.25, 0.3) is 5.91 Å². The Hall–Kier alpha value is -3.35. The molecule has 2 aliphatic rings. The fraction of sp³-hybridized carbons (Fsp3) is 0.211. The van der Waals surface area contributed by atoms with E-state index < -0.39 is 0 Å². The summed E-state index contributed by atoms with van der Waals surface area (Å²) < 4.78 is 5.25. The lowest BCUT2D eigenvalue weighted by molar-refractivity contribution is -0.111. The van der Waals surface area contributed by atoms with E-state index in [1.807, 2.05) is 42.5 Å². The first-order valence-corrected chi connectivity index (χ1v) is 8.24. The smallest absolute Gasteiger partial charge is 0.279 e. The molecule has 7 heteroatoms. The standard InChI is InChI=1S/C19H17N5O2/c1-24-16-9-8-13(26-2)10-14(16)18(19(24)25)23-22-17-11-15(20-21-17)12-6-4-3-5-7-12/h3-10,15H,11H2,1-2H3/b22-17+,23-18+. The Morgan fingerprint density at radius 2 is 1.96 bits per heavy atom. The number of azo groups is 1. The van der Waals surface area contributed by atoms with Crippen molar-refractivity contribution in [2.75, 3.05) is 19.1 Å². The maximum atomic E-state index is 12.5. The fourth-order valence-corrected chi connectivity index (χ4v) is 3.02. The van der Waals surface area contributed by atoms with E-state index in [0.29, 0.717) is 23.6 Å². The molecule has 0 N–H and O–H groups in total. The highest BCUT2D eigenvalue weighted by Gasteiger charge is 2.32. The number of anilines is 1. The van der Waals surface area contributed by atoms with Crippen molar-refractivity contribution in [3.63, 3.8) is 0 Å². The molecule has 1 unspecified atom stereocenters. The van der Waals surface area contributed by atoms with Crippen LogP contribution in [0.15, 0.2) is 69.0 Å². The van der Waals surface area contributed by atoms with Crippen molar-refractivity contribution < 1.29 is 9.53 Å². The van der Waals surface area contributed by atoms with Crippen molar-refractivity contribution >= 4 is 23.1 Å². The predicted molar refractivity (Wildman–Crippen MR) is 99.0 cm³/mol. The predicted octanol–water partition coefficient (Wildman–Crippen LogP) is 3.37. The van der Waals surface area contributed by atoms with Crippen LogP contribution in [-0.4, -0.2) is 31.6 Å². The molecule has 0 radical (unpaired) electrons. The number of likely N-dealkylation sites (N-methyl/N-ethyl adjacent to an activating group) is 1. The van der Waals surface area contributed by atoms with Crippen LogP contribution in [0.5, 0.6) is 5.75 Å². The van der Waals surface area contributed by atoms with Crippen LogP contribution in [0, 0.1) is 0 Å². The molecule has 2 aliphatic heterocycles. The van der Waals surface area contributed by atoms with Crippen molar-refractivity contribution in [1.29, 1.82) is 0 Å². The largest absolute Gasteiger partial charge is 0.497 e. The maximum Gasteiger partial charge on any atom is 0.279 e. The number of methoxy groups -OCH3 is 1. The van der Waals surface area contributed by atoms with Gasteiger partial charge in [0.15, 0.2) is 11.5 Å². The van der Waals surface area contributed by atoms with Crippen LogP contribution in [0.25, 0.3) is 0 Å². The number of hydrogen-bond acceptors (Lipinski definition) is 5. The number of hydrogen-bond donors (Lipinski definition) is 0. The number of amidine groups is 1. The van der Waals surface area contributed by atoms with Crippen LogP contribution in [0.4, 0.5) is 5.69 Å². The van der Waals surface area contributed by atoms with Crippen LogP contribution in [0.1, 0.15) is 23.6 Å². The highest BCUT2D eigenvalue weighted by atomic mass is 16.5. The van der Waals surface area contributed by atoms with Crippen molar-refractivity contribution in [1.82, 2.24) is 0 Å². The van der Waals surface area contributed by atoms with Gasteiger partial charge in [-0.3, -0.25) is 4.79 Å². The first-order valence-electron chi connectivity index (χ1n) is 8.24. The van der Waals surface area contributed by atoms with E-state index >= 15 is 0 Å². The molecule has 2 aromatic rings. The van der Waals surface area contributed by atoms with Crippen LogP contribution < -0.4 is 9.64 Å². The SMILES string of the molecule is COc1ccc2c(c1)/C(=N\N=C1/CC(c3ccccc3)N=N1)C(=O)N2C. The van der Waals surface area contributed by atoms with Crippen molar-refractivity contribution in [3.8, 4) is 5.75 Å². The van der Waals surface area contributed by atoms with E-state index in [1.165, 1.54) is 0 Å². The molecule has 0 fully saturated rings. The van der Waals surface area contributed by atoms with Crippen molar-refractivity contribution in [2.45, 2.75) is 12.5 Å². The summed E-state index contributed by atoms with van der Waals surface area (Å²) in [6, 6.07) is 15.3. The summed E-state index contributed by atoms with van der Waals surface area (Å²) >= 11 is 0. The van der Waals surface area contributed by atoms with E-state index in [2.05, 4.69) is 20.4 Å². The second kappa shape index (κ2) is 6.51. The van der Waals surface area contributed by atoms with Gasteiger partial charge in [0.1, 0.15) is 11.8 Å². The second-order valence-electron chi connectivity index (χ2n) is 6.06. The van der Waals surface area contributed by atoms with E-state index in [0.717, 1.165) is 11.3 Å². The minimum absolute atomic E-state index is 0.0514. The number of fused-ring (bicyclic) bond motifs is 1. The van der Waals surface area contributed by atoms with E-state index in [4.69, 9.17) is 4.74 Å². The Balaban J connectivity index is 1.61. The first kappa shape index (κ1) is 16.1. The molecule has 130 valence electrons. The number of benzene rings is 2. The molecule has 0 aromatic heterocycles. The zero-order valence-corrected chi connectivity index (χ0v) is 14.5. The summed E-state index contributed by atoms with van der Waals surface area (Å²) in [5, 5.41) is 16.7. The number of rotatable bonds is 3. The summed E-state index contributed by atoms with van der Waals surface area (Å²) in [6.07, 6.45) is 0.565. The third-order valence-corrected chi connectivity index (χ3v) is 4.47. The van der Waals surface area contributed by atoms with Gasteiger partial charge in [0.2, 0.25) is 0 Å². The highest BCUT2D eigenvalue weighted by molar-refractivity contribution is 6.54. The molecular formula is C19H17N5O2. The number of carbonyl (C=O) groups is 1. The molecule has 0 saturated carbocycles. The summed E-state index contributed by atoms with van der Waals surface area (Å²) in [7, 11) is 3.30. The Labute approximate surface area is 150 Å².